The summed E-state index contributed by atoms with van der Waals surface area (Å²) in [5.41, 5.74) is -0.774. The average Bonchev–Trinajstić information content (AvgIpc) is 2.35. The molecule has 2 amide bonds. The van der Waals surface area contributed by atoms with Crippen LogP contribution in [-0.2, 0) is 16.0 Å². The third-order valence-electron chi connectivity index (χ3n) is 2.55. The monoisotopic (exact) mass is 419 g/mol. The van der Waals surface area contributed by atoms with E-state index in [0.717, 1.165) is 9.37 Å². The van der Waals surface area contributed by atoms with Gasteiger partial charge in [0.25, 0.3) is 0 Å². The third kappa shape index (κ3) is 7.09. The molecule has 24 heavy (non-hydrogen) atoms. The van der Waals surface area contributed by atoms with Crippen molar-refractivity contribution < 1.29 is 19.1 Å². The number of ether oxygens (including phenoxy) is 2. The van der Waals surface area contributed by atoms with E-state index in [9.17, 15) is 9.59 Å². The van der Waals surface area contributed by atoms with E-state index in [1.54, 1.807) is 59.7 Å². The van der Waals surface area contributed by atoms with Gasteiger partial charge in [-0.2, -0.15) is 0 Å². The zero-order valence-corrected chi connectivity index (χ0v) is 17.1. The van der Waals surface area contributed by atoms with Gasteiger partial charge in [-0.1, -0.05) is 17.7 Å². The lowest BCUT2D eigenvalue weighted by atomic mass is 10.2. The summed E-state index contributed by atoms with van der Waals surface area (Å²) < 4.78 is 11.3. The van der Waals surface area contributed by atoms with Crippen LogP contribution in [0.2, 0.25) is 5.02 Å². The molecule has 0 radical (unpaired) electrons. The lowest BCUT2D eigenvalue weighted by Gasteiger charge is -2.28. The smallest absolute Gasteiger partial charge is 0.420 e. The Labute approximate surface area is 156 Å². The quantitative estimate of drug-likeness (QED) is 0.609. The summed E-state index contributed by atoms with van der Waals surface area (Å²) in [4.78, 5) is 25.7. The van der Waals surface area contributed by atoms with Crippen molar-refractivity contribution in [3.8, 4) is 0 Å². The molecule has 1 aromatic carbocycles. The lowest BCUT2D eigenvalue weighted by molar-refractivity contribution is -0.000245. The maximum Gasteiger partial charge on any atom is 0.420 e. The second-order valence-electron chi connectivity index (χ2n) is 7.30. The summed E-state index contributed by atoms with van der Waals surface area (Å²) in [6, 6.07) is 5.19. The molecule has 134 valence electrons. The van der Waals surface area contributed by atoms with Crippen LogP contribution in [0.15, 0.2) is 22.7 Å². The summed E-state index contributed by atoms with van der Waals surface area (Å²) in [6.45, 7) is 10.4. The Bertz CT molecular complexity index is 592. The first-order valence-corrected chi connectivity index (χ1v) is 8.63. The van der Waals surface area contributed by atoms with E-state index in [4.69, 9.17) is 21.1 Å². The van der Waals surface area contributed by atoms with E-state index in [1.165, 1.54) is 0 Å². The molecule has 0 saturated carbocycles. The molecular weight excluding hydrogens is 398 g/mol. The van der Waals surface area contributed by atoms with Crippen molar-refractivity contribution in [2.45, 2.75) is 59.3 Å². The molecule has 0 N–H and O–H groups in total. The van der Waals surface area contributed by atoms with Crippen molar-refractivity contribution in [1.29, 1.82) is 0 Å². The van der Waals surface area contributed by atoms with Crippen LogP contribution in [0.25, 0.3) is 0 Å². The number of rotatable bonds is 2. The Balaban J connectivity index is 3.05. The minimum Gasteiger partial charge on any atom is -0.443 e. The molecule has 0 aromatic heterocycles. The predicted octanol–water partition coefficient (Wildman–Crippen LogP) is 5.77. The number of carbonyl (C=O) groups is 2. The molecule has 0 saturated heterocycles. The van der Waals surface area contributed by atoms with Crippen molar-refractivity contribution in [1.82, 2.24) is 4.90 Å². The van der Waals surface area contributed by atoms with Gasteiger partial charge in [0.15, 0.2) is 0 Å². The van der Waals surface area contributed by atoms with Crippen molar-refractivity contribution in [2.24, 2.45) is 0 Å². The fourth-order valence-electron chi connectivity index (χ4n) is 1.66. The summed E-state index contributed by atoms with van der Waals surface area (Å²) in [7, 11) is 0. The molecule has 0 aliphatic heterocycles. The average molecular weight is 421 g/mol. The fourth-order valence-corrected chi connectivity index (χ4v) is 2.11. The van der Waals surface area contributed by atoms with E-state index in [2.05, 4.69) is 15.9 Å². The summed E-state index contributed by atoms with van der Waals surface area (Å²) in [5.74, 6) is 0. The van der Waals surface area contributed by atoms with Crippen LogP contribution in [0.1, 0.15) is 47.1 Å². The first-order chi connectivity index (χ1) is 10.8. The molecule has 0 aliphatic rings. The topological polar surface area (TPSA) is 55.8 Å². The SMILES string of the molecule is CC(C)(C)OC(=O)N(Cc1ccc(Br)c(Cl)c1)C(=O)OC(C)(C)C. The number of benzene rings is 1. The zero-order chi connectivity index (χ0) is 18.7. The molecule has 7 heteroatoms. The lowest BCUT2D eigenvalue weighted by Crippen LogP contribution is -2.43. The molecule has 0 unspecified atom stereocenters. The first-order valence-electron chi connectivity index (χ1n) is 7.46. The van der Waals surface area contributed by atoms with E-state index < -0.39 is 23.4 Å². The van der Waals surface area contributed by atoms with Gasteiger partial charge in [0.1, 0.15) is 11.2 Å². The highest BCUT2D eigenvalue weighted by Gasteiger charge is 2.31. The van der Waals surface area contributed by atoms with Crippen LogP contribution in [0, 0.1) is 0 Å². The van der Waals surface area contributed by atoms with Gasteiger partial charge in [-0.25, -0.2) is 14.5 Å². The van der Waals surface area contributed by atoms with Gasteiger partial charge < -0.3 is 9.47 Å². The van der Waals surface area contributed by atoms with Crippen molar-refractivity contribution in [3.63, 3.8) is 0 Å². The largest absolute Gasteiger partial charge is 0.443 e. The summed E-state index contributed by atoms with van der Waals surface area (Å²) >= 11 is 9.38. The molecule has 0 fully saturated rings. The minimum absolute atomic E-state index is 0.00315. The standard InChI is InChI=1S/C17H23BrClNO4/c1-16(2,3)23-14(21)20(15(22)24-17(4,5)6)10-11-7-8-12(18)13(19)9-11/h7-9H,10H2,1-6H3. The molecule has 0 spiro atoms. The van der Waals surface area contributed by atoms with Gasteiger partial charge in [0, 0.05) is 4.47 Å². The second-order valence-corrected chi connectivity index (χ2v) is 8.56. The molecule has 5 nitrogen and oxygen atoms in total. The van der Waals surface area contributed by atoms with Gasteiger partial charge in [0.2, 0.25) is 0 Å². The van der Waals surface area contributed by atoms with Gasteiger partial charge in [-0.15, -0.1) is 0 Å². The first kappa shape index (κ1) is 20.8. The van der Waals surface area contributed by atoms with Crippen LogP contribution < -0.4 is 0 Å². The number of carbonyl (C=O) groups excluding carboxylic acids is 2. The van der Waals surface area contributed by atoms with E-state index >= 15 is 0 Å². The Morgan fingerprint density at radius 3 is 1.88 bits per heavy atom. The van der Waals surface area contributed by atoms with Crippen molar-refractivity contribution in [2.75, 3.05) is 0 Å². The molecule has 1 aromatic rings. The number of imide groups is 1. The Hall–Kier alpha value is -1.27. The Morgan fingerprint density at radius 1 is 1.04 bits per heavy atom. The van der Waals surface area contributed by atoms with Crippen LogP contribution in [0.3, 0.4) is 0 Å². The minimum atomic E-state index is -0.768. The molecule has 0 atom stereocenters. The van der Waals surface area contributed by atoms with Crippen LogP contribution in [0.4, 0.5) is 9.59 Å². The van der Waals surface area contributed by atoms with Gasteiger partial charge in [-0.3, -0.25) is 0 Å². The highest BCUT2D eigenvalue weighted by atomic mass is 79.9. The number of nitrogens with zero attached hydrogens (tertiary/aromatic N) is 1. The van der Waals surface area contributed by atoms with Crippen LogP contribution in [0.5, 0.6) is 0 Å². The predicted molar refractivity (Wildman–Crippen MR) is 97.2 cm³/mol. The fraction of sp³-hybridized carbons (Fsp3) is 0.529. The van der Waals surface area contributed by atoms with Crippen molar-refractivity contribution >= 4 is 39.7 Å². The van der Waals surface area contributed by atoms with Gasteiger partial charge >= 0.3 is 12.2 Å². The second kappa shape index (κ2) is 7.74. The van der Waals surface area contributed by atoms with Crippen LogP contribution in [-0.4, -0.2) is 28.3 Å². The van der Waals surface area contributed by atoms with E-state index in [1.807, 2.05) is 0 Å². The normalized spacial score (nSPS) is 11.8. The summed E-state index contributed by atoms with van der Waals surface area (Å²) in [6.07, 6.45) is -1.54. The number of hydrogen-bond acceptors (Lipinski definition) is 4. The summed E-state index contributed by atoms with van der Waals surface area (Å²) in [5, 5.41) is 0.487. The molecule has 0 heterocycles. The highest BCUT2D eigenvalue weighted by molar-refractivity contribution is 9.10. The molecule has 0 bridgehead atoms. The maximum atomic E-state index is 12.4. The number of amides is 2. The maximum absolute atomic E-state index is 12.4. The van der Waals surface area contributed by atoms with E-state index in [0.29, 0.717) is 10.6 Å². The van der Waals surface area contributed by atoms with Gasteiger partial charge in [-0.05, 0) is 75.2 Å². The molecule has 1 rings (SSSR count). The number of halogens is 2. The van der Waals surface area contributed by atoms with E-state index in [-0.39, 0.29) is 6.54 Å². The van der Waals surface area contributed by atoms with Crippen LogP contribution >= 0.6 is 27.5 Å². The molecular formula is C17H23BrClNO4. The zero-order valence-electron chi connectivity index (χ0n) is 14.8. The van der Waals surface area contributed by atoms with Crippen molar-refractivity contribution in [3.05, 3.63) is 33.3 Å². The van der Waals surface area contributed by atoms with Gasteiger partial charge in [0.05, 0.1) is 11.6 Å². The number of hydrogen-bond donors (Lipinski definition) is 0. The molecule has 0 aliphatic carbocycles. The Kier molecular flexibility index (Phi) is 6.70. The highest BCUT2D eigenvalue weighted by Crippen LogP contribution is 2.25. The third-order valence-corrected chi connectivity index (χ3v) is 3.78. The Morgan fingerprint density at radius 2 is 1.50 bits per heavy atom.